The van der Waals surface area contributed by atoms with E-state index in [0.717, 1.165) is 6.61 Å². The standard InChI is InChI=1S/C10H24OSi/c1-6-8-10(11-7-2)9-12(3,4)5/h10H,6-9H2,1-5H3. The Bertz CT molecular complexity index is 101. The van der Waals surface area contributed by atoms with Crippen LogP contribution in [0.15, 0.2) is 0 Å². The highest BCUT2D eigenvalue weighted by Gasteiger charge is 2.19. The van der Waals surface area contributed by atoms with Crippen LogP contribution in [-0.4, -0.2) is 20.8 Å². The van der Waals surface area contributed by atoms with Gasteiger partial charge in [0.15, 0.2) is 0 Å². The maximum Gasteiger partial charge on any atom is 0.0551 e. The zero-order valence-electron chi connectivity index (χ0n) is 9.31. The number of ether oxygens (including phenoxy) is 1. The number of rotatable bonds is 6. The lowest BCUT2D eigenvalue weighted by molar-refractivity contribution is 0.0689. The molecule has 1 unspecified atom stereocenters. The van der Waals surface area contributed by atoms with Crippen LogP contribution in [0.5, 0.6) is 0 Å². The number of hydrogen-bond acceptors (Lipinski definition) is 1. The Morgan fingerprint density at radius 1 is 1.17 bits per heavy atom. The van der Waals surface area contributed by atoms with E-state index in [1.54, 1.807) is 0 Å². The lowest BCUT2D eigenvalue weighted by Gasteiger charge is -2.24. The molecule has 0 heterocycles. The Labute approximate surface area is 78.5 Å². The van der Waals surface area contributed by atoms with Gasteiger partial charge in [0.05, 0.1) is 6.10 Å². The molecule has 1 nitrogen and oxygen atoms in total. The average Bonchev–Trinajstić information content (AvgIpc) is 1.84. The van der Waals surface area contributed by atoms with Gasteiger partial charge in [0.2, 0.25) is 0 Å². The molecule has 0 saturated heterocycles. The molecule has 0 radical (unpaired) electrons. The van der Waals surface area contributed by atoms with Gasteiger partial charge in [-0.1, -0.05) is 33.0 Å². The van der Waals surface area contributed by atoms with Crippen molar-refractivity contribution in [2.75, 3.05) is 6.61 Å². The van der Waals surface area contributed by atoms with E-state index in [0.29, 0.717) is 6.10 Å². The highest BCUT2D eigenvalue weighted by molar-refractivity contribution is 6.76. The van der Waals surface area contributed by atoms with Crippen molar-refractivity contribution in [3.05, 3.63) is 0 Å². The van der Waals surface area contributed by atoms with Crippen LogP contribution < -0.4 is 0 Å². The molecule has 0 spiro atoms. The third-order valence-electron chi connectivity index (χ3n) is 1.85. The van der Waals surface area contributed by atoms with Gasteiger partial charge in [-0.3, -0.25) is 0 Å². The minimum atomic E-state index is -0.920. The number of hydrogen-bond donors (Lipinski definition) is 0. The Balaban J connectivity index is 3.77. The van der Waals surface area contributed by atoms with E-state index < -0.39 is 8.07 Å². The second-order valence-corrected chi connectivity index (χ2v) is 10.2. The monoisotopic (exact) mass is 188 g/mol. The molecule has 2 heteroatoms. The van der Waals surface area contributed by atoms with Gasteiger partial charge >= 0.3 is 0 Å². The molecule has 0 aromatic heterocycles. The first-order valence-electron chi connectivity index (χ1n) is 5.11. The van der Waals surface area contributed by atoms with Gasteiger partial charge in [-0.15, -0.1) is 0 Å². The second kappa shape index (κ2) is 5.76. The fourth-order valence-electron chi connectivity index (χ4n) is 1.49. The summed E-state index contributed by atoms with van der Waals surface area (Å²) in [4.78, 5) is 0. The first-order valence-corrected chi connectivity index (χ1v) is 8.82. The topological polar surface area (TPSA) is 9.23 Å². The van der Waals surface area contributed by atoms with Gasteiger partial charge in [0, 0.05) is 14.7 Å². The van der Waals surface area contributed by atoms with Crippen LogP contribution in [0.2, 0.25) is 25.7 Å². The predicted octanol–water partition coefficient (Wildman–Crippen LogP) is 3.53. The summed E-state index contributed by atoms with van der Waals surface area (Å²) in [6, 6.07) is 1.31. The molecule has 0 rings (SSSR count). The molecule has 0 aromatic carbocycles. The van der Waals surface area contributed by atoms with Crippen LogP contribution in [0.25, 0.3) is 0 Å². The van der Waals surface area contributed by atoms with Gasteiger partial charge in [-0.2, -0.15) is 0 Å². The van der Waals surface area contributed by atoms with Gasteiger partial charge < -0.3 is 4.74 Å². The smallest absolute Gasteiger partial charge is 0.0551 e. The molecule has 0 bridgehead atoms. The molecule has 0 fully saturated rings. The first-order chi connectivity index (χ1) is 5.49. The van der Waals surface area contributed by atoms with Crippen molar-refractivity contribution in [3.63, 3.8) is 0 Å². The van der Waals surface area contributed by atoms with Gasteiger partial charge in [-0.25, -0.2) is 0 Å². The van der Waals surface area contributed by atoms with Crippen LogP contribution in [0.1, 0.15) is 26.7 Å². The largest absolute Gasteiger partial charge is 0.379 e. The lowest BCUT2D eigenvalue weighted by Crippen LogP contribution is -2.28. The minimum Gasteiger partial charge on any atom is -0.379 e. The van der Waals surface area contributed by atoms with E-state index in [4.69, 9.17) is 4.74 Å². The van der Waals surface area contributed by atoms with Crippen molar-refractivity contribution in [2.24, 2.45) is 0 Å². The van der Waals surface area contributed by atoms with Crippen LogP contribution in [0.3, 0.4) is 0 Å². The van der Waals surface area contributed by atoms with E-state index >= 15 is 0 Å². The van der Waals surface area contributed by atoms with Crippen molar-refractivity contribution in [1.82, 2.24) is 0 Å². The summed E-state index contributed by atoms with van der Waals surface area (Å²) < 4.78 is 5.69. The van der Waals surface area contributed by atoms with Crippen molar-refractivity contribution in [1.29, 1.82) is 0 Å². The van der Waals surface area contributed by atoms with E-state index in [2.05, 4.69) is 33.5 Å². The third kappa shape index (κ3) is 6.86. The molecule has 0 aliphatic rings. The van der Waals surface area contributed by atoms with Crippen molar-refractivity contribution in [3.8, 4) is 0 Å². The fraction of sp³-hybridized carbons (Fsp3) is 1.00. The van der Waals surface area contributed by atoms with Crippen LogP contribution in [-0.2, 0) is 4.74 Å². The van der Waals surface area contributed by atoms with E-state index in [-0.39, 0.29) is 0 Å². The molecule has 0 aliphatic heterocycles. The van der Waals surface area contributed by atoms with Crippen LogP contribution in [0.4, 0.5) is 0 Å². The molecule has 1 atom stereocenters. The highest BCUT2D eigenvalue weighted by atomic mass is 28.3. The maximum absolute atomic E-state index is 5.69. The van der Waals surface area contributed by atoms with Crippen molar-refractivity contribution < 1.29 is 4.74 Å². The second-order valence-electron chi connectivity index (χ2n) is 4.63. The van der Waals surface area contributed by atoms with Gasteiger partial charge in [0.25, 0.3) is 0 Å². The molecular weight excluding hydrogens is 164 g/mol. The summed E-state index contributed by atoms with van der Waals surface area (Å²) in [5.74, 6) is 0. The Kier molecular flexibility index (Phi) is 5.84. The summed E-state index contributed by atoms with van der Waals surface area (Å²) in [5, 5.41) is 0. The molecule has 0 aromatic rings. The Morgan fingerprint density at radius 3 is 2.08 bits per heavy atom. The average molecular weight is 188 g/mol. The summed E-state index contributed by atoms with van der Waals surface area (Å²) in [6.07, 6.45) is 3.01. The SMILES string of the molecule is CCCC(C[Si](C)(C)C)OCC. The lowest BCUT2D eigenvalue weighted by atomic mass is 10.2. The van der Waals surface area contributed by atoms with E-state index in [1.807, 2.05) is 0 Å². The third-order valence-corrected chi connectivity index (χ3v) is 3.53. The van der Waals surface area contributed by atoms with Crippen LogP contribution in [0, 0.1) is 0 Å². The summed E-state index contributed by atoms with van der Waals surface area (Å²) in [5.41, 5.74) is 0. The molecule has 74 valence electrons. The fourth-order valence-corrected chi connectivity index (χ4v) is 3.17. The Hall–Kier alpha value is 0.177. The molecule has 12 heavy (non-hydrogen) atoms. The van der Waals surface area contributed by atoms with Crippen molar-refractivity contribution >= 4 is 8.07 Å². The predicted molar refractivity (Wildman–Crippen MR) is 58.5 cm³/mol. The molecular formula is C10H24OSi. The van der Waals surface area contributed by atoms with Crippen LogP contribution >= 0.6 is 0 Å². The van der Waals surface area contributed by atoms with E-state index in [1.165, 1.54) is 18.9 Å². The summed E-state index contributed by atoms with van der Waals surface area (Å²) in [6.45, 7) is 12.4. The summed E-state index contributed by atoms with van der Waals surface area (Å²) in [7, 11) is -0.920. The Morgan fingerprint density at radius 2 is 1.75 bits per heavy atom. The zero-order valence-corrected chi connectivity index (χ0v) is 10.3. The van der Waals surface area contributed by atoms with Gasteiger partial charge in [0.1, 0.15) is 0 Å². The van der Waals surface area contributed by atoms with E-state index in [9.17, 15) is 0 Å². The normalized spacial score (nSPS) is 14.8. The molecule has 0 N–H and O–H groups in total. The van der Waals surface area contributed by atoms with Crippen molar-refractivity contribution in [2.45, 2.75) is 58.5 Å². The van der Waals surface area contributed by atoms with Gasteiger partial charge in [-0.05, 0) is 19.4 Å². The molecule has 0 aliphatic carbocycles. The molecule has 0 saturated carbocycles. The zero-order chi connectivity index (χ0) is 9.61. The maximum atomic E-state index is 5.69. The molecule has 0 amide bonds. The first kappa shape index (κ1) is 12.2. The highest BCUT2D eigenvalue weighted by Crippen LogP contribution is 2.17. The minimum absolute atomic E-state index is 0.534. The summed E-state index contributed by atoms with van der Waals surface area (Å²) >= 11 is 0. The quantitative estimate of drug-likeness (QED) is 0.579.